The highest BCUT2D eigenvalue weighted by Gasteiger charge is 2.33. The Bertz CT molecular complexity index is 1900. The van der Waals surface area contributed by atoms with Crippen molar-refractivity contribution in [2.24, 2.45) is 4.99 Å². The molecule has 0 saturated carbocycles. The van der Waals surface area contributed by atoms with Gasteiger partial charge in [-0.1, -0.05) is 53.8 Å². The molecule has 0 fully saturated rings. The van der Waals surface area contributed by atoms with Crippen LogP contribution in [0.2, 0.25) is 0 Å². The van der Waals surface area contributed by atoms with Crippen molar-refractivity contribution in [2.75, 3.05) is 38.8 Å². The summed E-state index contributed by atoms with van der Waals surface area (Å²) in [6.07, 6.45) is 1.77. The number of carbonyl (C=O) groups is 2. The Morgan fingerprint density at radius 3 is 2.42 bits per heavy atom. The van der Waals surface area contributed by atoms with E-state index in [9.17, 15) is 14.4 Å². The Kier molecular flexibility index (Phi) is 8.77. The number of aromatic nitrogens is 1. The van der Waals surface area contributed by atoms with Crippen molar-refractivity contribution in [2.45, 2.75) is 26.8 Å². The Hall–Kier alpha value is -4.70. The van der Waals surface area contributed by atoms with Gasteiger partial charge in [0.2, 0.25) is 0 Å². The van der Waals surface area contributed by atoms with Gasteiger partial charge in [0, 0.05) is 25.3 Å². The second kappa shape index (κ2) is 12.7. The fraction of sp³-hybridized carbons (Fsp3) is 0.273. The molecular weight excluding hydrogens is 566 g/mol. The number of anilines is 1. The van der Waals surface area contributed by atoms with Gasteiger partial charge in [-0.3, -0.25) is 9.36 Å². The molecule has 0 saturated heterocycles. The van der Waals surface area contributed by atoms with Crippen LogP contribution in [-0.2, 0) is 19.1 Å². The summed E-state index contributed by atoms with van der Waals surface area (Å²) in [5.41, 5.74) is 2.92. The average molecular weight is 600 g/mol. The lowest BCUT2D eigenvalue weighted by Gasteiger charge is -2.25. The summed E-state index contributed by atoms with van der Waals surface area (Å²) in [5.74, 6) is -0.552. The van der Waals surface area contributed by atoms with Gasteiger partial charge < -0.3 is 19.1 Å². The zero-order valence-corrected chi connectivity index (χ0v) is 25.6. The molecule has 0 radical (unpaired) electrons. The van der Waals surface area contributed by atoms with Crippen molar-refractivity contribution in [1.29, 1.82) is 0 Å². The first kappa shape index (κ1) is 29.8. The minimum absolute atomic E-state index is 0.196. The number of esters is 2. The fourth-order valence-corrected chi connectivity index (χ4v) is 6.11. The molecule has 43 heavy (non-hydrogen) atoms. The first-order valence-corrected chi connectivity index (χ1v) is 14.8. The number of fused-ring (bicyclic) bond motifs is 2. The van der Waals surface area contributed by atoms with E-state index in [1.165, 1.54) is 11.3 Å². The molecule has 10 heteroatoms. The van der Waals surface area contributed by atoms with Crippen LogP contribution in [0.4, 0.5) is 5.69 Å². The summed E-state index contributed by atoms with van der Waals surface area (Å²) < 4.78 is 18.3. The van der Waals surface area contributed by atoms with Crippen LogP contribution >= 0.6 is 11.3 Å². The number of rotatable bonds is 9. The minimum Gasteiger partial charge on any atom is -0.481 e. The summed E-state index contributed by atoms with van der Waals surface area (Å²) >= 11 is 1.23. The maximum Gasteiger partial charge on any atom is 0.344 e. The van der Waals surface area contributed by atoms with Crippen molar-refractivity contribution < 1.29 is 23.8 Å². The first-order chi connectivity index (χ1) is 20.7. The Labute approximate surface area is 253 Å². The number of nitrogens with zero attached hydrogens (tertiary/aromatic N) is 3. The number of allylic oxidation sites excluding steroid dienone is 1. The molecule has 1 aliphatic heterocycles. The molecule has 0 bridgehead atoms. The molecule has 0 unspecified atom stereocenters. The molecule has 1 aromatic heterocycles. The van der Waals surface area contributed by atoms with Gasteiger partial charge in [0.1, 0.15) is 5.75 Å². The maximum atomic E-state index is 14.2. The van der Waals surface area contributed by atoms with E-state index in [2.05, 4.69) is 4.99 Å². The zero-order chi connectivity index (χ0) is 30.7. The summed E-state index contributed by atoms with van der Waals surface area (Å²) in [6.45, 7) is 5.42. The minimum atomic E-state index is -0.722. The molecular formula is C33H33N3O6S. The smallest absolute Gasteiger partial charge is 0.344 e. The van der Waals surface area contributed by atoms with Gasteiger partial charge in [0.15, 0.2) is 11.4 Å². The van der Waals surface area contributed by atoms with E-state index in [0.29, 0.717) is 31.9 Å². The number of benzene rings is 3. The van der Waals surface area contributed by atoms with Gasteiger partial charge in [0.05, 0.1) is 35.1 Å². The van der Waals surface area contributed by atoms with Crippen LogP contribution in [0, 0.1) is 0 Å². The third-order valence-electron chi connectivity index (χ3n) is 7.10. The van der Waals surface area contributed by atoms with Gasteiger partial charge in [-0.25, -0.2) is 14.6 Å². The fourth-order valence-electron chi connectivity index (χ4n) is 5.08. The Morgan fingerprint density at radius 2 is 1.72 bits per heavy atom. The summed E-state index contributed by atoms with van der Waals surface area (Å²) in [4.78, 5) is 46.6. The zero-order valence-electron chi connectivity index (χ0n) is 24.7. The van der Waals surface area contributed by atoms with Crippen molar-refractivity contribution in [3.05, 3.63) is 103 Å². The van der Waals surface area contributed by atoms with Crippen LogP contribution in [0.1, 0.15) is 37.9 Å². The van der Waals surface area contributed by atoms with E-state index in [-0.39, 0.29) is 25.4 Å². The maximum absolute atomic E-state index is 14.2. The topological polar surface area (TPSA) is 99.4 Å². The number of ether oxygens (including phenoxy) is 3. The molecule has 2 heterocycles. The van der Waals surface area contributed by atoms with Crippen LogP contribution in [-0.4, -0.2) is 50.4 Å². The Morgan fingerprint density at radius 1 is 1.00 bits per heavy atom. The van der Waals surface area contributed by atoms with Gasteiger partial charge in [-0.2, -0.15) is 0 Å². The lowest BCUT2D eigenvalue weighted by atomic mass is 9.95. The average Bonchev–Trinajstić information content (AvgIpc) is 3.30. The summed E-state index contributed by atoms with van der Waals surface area (Å²) in [6, 6.07) is 18.4. The predicted octanol–water partition coefficient (Wildman–Crippen LogP) is 3.96. The van der Waals surface area contributed by atoms with Crippen molar-refractivity contribution >= 4 is 45.8 Å². The third kappa shape index (κ3) is 5.96. The van der Waals surface area contributed by atoms with Crippen LogP contribution in [0.5, 0.6) is 5.75 Å². The van der Waals surface area contributed by atoms with Crippen molar-refractivity contribution in [1.82, 2.24) is 4.57 Å². The third-order valence-corrected chi connectivity index (χ3v) is 8.08. The second-order valence-corrected chi connectivity index (χ2v) is 11.1. The van der Waals surface area contributed by atoms with E-state index in [1.54, 1.807) is 37.5 Å². The lowest BCUT2D eigenvalue weighted by Crippen LogP contribution is -2.40. The predicted molar refractivity (Wildman–Crippen MR) is 167 cm³/mol. The standard InChI is InChI=1S/C33H33N3O6S/c1-6-40-28(37)19-42-26-17-14-21-10-8-9-11-24(21)25(26)18-27-31(38)36-30(22-12-15-23(16-13-22)35(4)5)29(32(39)41-7-2)20(3)34-33(36)43-27/h8-18,30H,6-7,19H2,1-5H3/b27-18-/t30-/m0/s1. The van der Waals surface area contributed by atoms with Gasteiger partial charge in [-0.15, -0.1) is 0 Å². The van der Waals surface area contributed by atoms with E-state index in [1.807, 2.05) is 73.6 Å². The quantitative estimate of drug-likeness (QED) is 0.269. The number of thiazole rings is 1. The SMILES string of the molecule is CCOC(=O)COc1ccc2ccccc2c1/C=c1\sc2n(c1=O)[C@@H](c1ccc(N(C)C)cc1)C(C(=O)OCC)=C(C)N=2. The van der Waals surface area contributed by atoms with Crippen LogP contribution < -0.4 is 24.5 Å². The molecule has 0 amide bonds. The molecule has 5 rings (SSSR count). The monoisotopic (exact) mass is 599 g/mol. The molecule has 3 aromatic carbocycles. The Balaban J connectivity index is 1.70. The van der Waals surface area contributed by atoms with Gasteiger partial charge in [-0.05, 0) is 61.4 Å². The highest BCUT2D eigenvalue weighted by Crippen LogP contribution is 2.32. The summed E-state index contributed by atoms with van der Waals surface area (Å²) in [5, 5.41) is 1.80. The second-order valence-electron chi connectivity index (χ2n) is 10.1. The normalized spacial score (nSPS) is 14.7. The molecule has 4 aromatic rings. The largest absolute Gasteiger partial charge is 0.481 e. The summed E-state index contributed by atoms with van der Waals surface area (Å²) in [7, 11) is 3.90. The number of hydrogen-bond acceptors (Lipinski definition) is 9. The molecule has 1 aliphatic rings. The lowest BCUT2D eigenvalue weighted by molar-refractivity contribution is -0.145. The molecule has 1 atom stereocenters. The number of hydrogen-bond donors (Lipinski definition) is 0. The highest BCUT2D eigenvalue weighted by atomic mass is 32.1. The molecule has 0 N–H and O–H groups in total. The van der Waals surface area contributed by atoms with Crippen LogP contribution in [0.15, 0.2) is 81.7 Å². The first-order valence-electron chi connectivity index (χ1n) is 14.0. The molecule has 9 nitrogen and oxygen atoms in total. The van der Waals surface area contributed by atoms with Gasteiger partial charge >= 0.3 is 11.9 Å². The number of carbonyl (C=O) groups excluding carboxylic acids is 2. The van der Waals surface area contributed by atoms with Crippen molar-refractivity contribution in [3.63, 3.8) is 0 Å². The van der Waals surface area contributed by atoms with E-state index >= 15 is 0 Å². The molecule has 0 aliphatic carbocycles. The van der Waals surface area contributed by atoms with Gasteiger partial charge in [0.25, 0.3) is 5.56 Å². The molecule has 222 valence electrons. The molecule has 0 spiro atoms. The van der Waals surface area contributed by atoms with E-state index in [4.69, 9.17) is 14.2 Å². The van der Waals surface area contributed by atoms with Crippen LogP contribution in [0.25, 0.3) is 16.8 Å². The highest BCUT2D eigenvalue weighted by molar-refractivity contribution is 7.07. The van der Waals surface area contributed by atoms with Crippen LogP contribution in [0.3, 0.4) is 0 Å². The van der Waals surface area contributed by atoms with E-state index < -0.39 is 18.0 Å². The van der Waals surface area contributed by atoms with E-state index in [0.717, 1.165) is 22.0 Å². The van der Waals surface area contributed by atoms with Crippen molar-refractivity contribution in [3.8, 4) is 5.75 Å².